The average molecular weight is 248 g/mol. The number of hydrogen-bond acceptors (Lipinski definition) is 3. The summed E-state index contributed by atoms with van der Waals surface area (Å²) in [6, 6.07) is -0.833. The van der Waals surface area contributed by atoms with E-state index in [4.69, 9.17) is 4.74 Å². The molecule has 2 saturated heterocycles. The Hall–Kier alpha value is -0.910. The first kappa shape index (κ1) is 12.5. The first-order valence-corrected chi connectivity index (χ1v) is 5.97. The lowest BCUT2D eigenvalue weighted by Crippen LogP contribution is -2.60. The van der Waals surface area contributed by atoms with Crippen LogP contribution in [0.1, 0.15) is 20.3 Å². The normalized spacial score (nSPS) is 29.8. The number of amides is 1. The smallest absolute Gasteiger partial charge is 0.410 e. The largest absolute Gasteiger partial charge is 0.448 e. The quantitative estimate of drug-likeness (QED) is 0.743. The van der Waals surface area contributed by atoms with E-state index in [9.17, 15) is 13.6 Å². The molecule has 17 heavy (non-hydrogen) atoms. The van der Waals surface area contributed by atoms with Crippen LogP contribution in [0.2, 0.25) is 0 Å². The summed E-state index contributed by atoms with van der Waals surface area (Å²) in [5.41, 5.74) is 0. The minimum absolute atomic E-state index is 0.195. The molecule has 2 rings (SSSR count). The highest BCUT2D eigenvalue weighted by atomic mass is 19.3. The number of carbonyl (C=O) groups is 1. The molecule has 0 aromatic carbocycles. The minimum Gasteiger partial charge on any atom is -0.448 e. The van der Waals surface area contributed by atoms with E-state index in [0.717, 1.165) is 0 Å². The molecule has 1 atom stereocenters. The Morgan fingerprint density at radius 1 is 1.41 bits per heavy atom. The Bertz CT molecular complexity index is 310. The first-order valence-electron chi connectivity index (χ1n) is 5.97. The van der Waals surface area contributed by atoms with Gasteiger partial charge in [-0.15, -0.1) is 0 Å². The summed E-state index contributed by atoms with van der Waals surface area (Å²) >= 11 is 0. The van der Waals surface area contributed by atoms with Gasteiger partial charge in [-0.25, -0.2) is 13.6 Å². The Morgan fingerprint density at radius 2 is 2.12 bits per heavy atom. The van der Waals surface area contributed by atoms with Crippen LogP contribution in [0.5, 0.6) is 0 Å². The van der Waals surface area contributed by atoms with Gasteiger partial charge >= 0.3 is 6.09 Å². The fourth-order valence-corrected chi connectivity index (χ4v) is 2.39. The highest BCUT2D eigenvalue weighted by molar-refractivity contribution is 5.70. The fraction of sp³-hybridized carbons (Fsp3) is 0.909. The molecule has 0 aromatic rings. The second-order valence-corrected chi connectivity index (χ2v) is 4.92. The molecule has 2 heterocycles. The van der Waals surface area contributed by atoms with Crippen molar-refractivity contribution in [1.29, 1.82) is 0 Å². The standard InChI is InChI=1S/C11H18F2N2O2/c1-8(2)14-4-3-11(12,13)9(7-14)15-5-6-17-10(15)16/h8-9H,3-7H2,1-2H3/t9-/m1/s1. The molecule has 0 spiro atoms. The van der Waals surface area contributed by atoms with E-state index < -0.39 is 18.1 Å². The van der Waals surface area contributed by atoms with Crippen LogP contribution in [0.25, 0.3) is 0 Å². The van der Waals surface area contributed by atoms with Gasteiger partial charge < -0.3 is 4.74 Å². The lowest BCUT2D eigenvalue weighted by molar-refractivity contribution is -0.114. The lowest BCUT2D eigenvalue weighted by Gasteiger charge is -2.43. The minimum atomic E-state index is -2.81. The summed E-state index contributed by atoms with van der Waals surface area (Å²) < 4.78 is 32.5. The Morgan fingerprint density at radius 3 is 2.65 bits per heavy atom. The molecule has 0 aromatic heterocycles. The lowest BCUT2D eigenvalue weighted by atomic mass is 9.98. The SMILES string of the molecule is CC(C)N1CCC(F)(F)[C@H](N2CCOC2=O)C1. The number of ether oxygens (including phenoxy) is 1. The van der Waals surface area contributed by atoms with Gasteiger partial charge in [0.05, 0.1) is 6.54 Å². The van der Waals surface area contributed by atoms with Gasteiger partial charge in [0.25, 0.3) is 5.92 Å². The van der Waals surface area contributed by atoms with Gasteiger partial charge in [-0.2, -0.15) is 0 Å². The number of piperidine rings is 1. The summed E-state index contributed by atoms with van der Waals surface area (Å²) in [6.07, 6.45) is -0.806. The second kappa shape index (κ2) is 4.40. The molecular weight excluding hydrogens is 230 g/mol. The summed E-state index contributed by atoms with van der Waals surface area (Å²) in [7, 11) is 0. The van der Waals surface area contributed by atoms with Crippen molar-refractivity contribution in [3.63, 3.8) is 0 Å². The molecule has 2 fully saturated rings. The van der Waals surface area contributed by atoms with Crippen LogP contribution >= 0.6 is 0 Å². The number of halogens is 2. The Kier molecular flexibility index (Phi) is 3.25. The van der Waals surface area contributed by atoms with Crippen LogP contribution in [-0.2, 0) is 4.74 Å². The highest BCUT2D eigenvalue weighted by Gasteiger charge is 2.50. The van der Waals surface area contributed by atoms with Gasteiger partial charge in [-0.3, -0.25) is 9.80 Å². The third-order valence-corrected chi connectivity index (χ3v) is 3.53. The van der Waals surface area contributed by atoms with Gasteiger partial charge in [-0.05, 0) is 13.8 Å². The number of carbonyl (C=O) groups excluding carboxylic acids is 1. The van der Waals surface area contributed by atoms with Crippen LogP contribution < -0.4 is 0 Å². The van der Waals surface area contributed by atoms with Crippen molar-refractivity contribution >= 4 is 6.09 Å². The zero-order chi connectivity index (χ0) is 12.6. The van der Waals surface area contributed by atoms with E-state index in [0.29, 0.717) is 6.54 Å². The molecular formula is C11H18F2N2O2. The second-order valence-electron chi connectivity index (χ2n) is 4.92. The molecule has 0 aliphatic carbocycles. The molecule has 0 saturated carbocycles. The van der Waals surface area contributed by atoms with Crippen LogP contribution in [0.4, 0.5) is 13.6 Å². The molecule has 98 valence electrons. The van der Waals surface area contributed by atoms with Crippen molar-refractivity contribution in [2.45, 2.75) is 38.3 Å². The van der Waals surface area contributed by atoms with E-state index in [1.807, 2.05) is 18.7 Å². The molecule has 6 heteroatoms. The van der Waals surface area contributed by atoms with Crippen molar-refractivity contribution in [3.8, 4) is 0 Å². The predicted octanol–water partition coefficient (Wildman–Crippen LogP) is 1.56. The number of rotatable bonds is 2. The molecule has 1 amide bonds. The maximum Gasteiger partial charge on any atom is 0.410 e. The number of likely N-dealkylation sites (tertiary alicyclic amines) is 1. The monoisotopic (exact) mass is 248 g/mol. The average Bonchev–Trinajstić information content (AvgIpc) is 2.63. The summed E-state index contributed by atoms with van der Waals surface area (Å²) in [4.78, 5) is 14.5. The highest BCUT2D eigenvalue weighted by Crippen LogP contribution is 2.33. The third kappa shape index (κ3) is 2.36. The zero-order valence-electron chi connectivity index (χ0n) is 10.2. The van der Waals surface area contributed by atoms with Gasteiger partial charge in [0.1, 0.15) is 12.6 Å². The fourth-order valence-electron chi connectivity index (χ4n) is 2.39. The topological polar surface area (TPSA) is 32.8 Å². The number of cyclic esters (lactones) is 1. The number of nitrogens with zero attached hydrogens (tertiary/aromatic N) is 2. The Labute approximate surface area is 99.5 Å². The van der Waals surface area contributed by atoms with Crippen LogP contribution in [0.15, 0.2) is 0 Å². The van der Waals surface area contributed by atoms with E-state index in [2.05, 4.69) is 0 Å². The van der Waals surface area contributed by atoms with Crippen molar-refractivity contribution in [2.75, 3.05) is 26.2 Å². The Balaban J connectivity index is 2.13. The molecule has 0 N–H and O–H groups in total. The van der Waals surface area contributed by atoms with Gasteiger partial charge in [0, 0.05) is 25.6 Å². The van der Waals surface area contributed by atoms with Crippen molar-refractivity contribution in [1.82, 2.24) is 9.80 Å². The summed E-state index contributed by atoms with van der Waals surface area (Å²) in [5.74, 6) is -2.81. The van der Waals surface area contributed by atoms with E-state index in [-0.39, 0.29) is 32.2 Å². The third-order valence-electron chi connectivity index (χ3n) is 3.53. The van der Waals surface area contributed by atoms with Gasteiger partial charge in [0.2, 0.25) is 0 Å². The molecule has 0 radical (unpaired) electrons. The van der Waals surface area contributed by atoms with E-state index in [1.54, 1.807) is 0 Å². The first-order chi connectivity index (χ1) is 7.92. The van der Waals surface area contributed by atoms with E-state index >= 15 is 0 Å². The molecule has 0 bridgehead atoms. The van der Waals surface area contributed by atoms with E-state index in [1.165, 1.54) is 4.90 Å². The predicted molar refractivity (Wildman–Crippen MR) is 58.1 cm³/mol. The van der Waals surface area contributed by atoms with Crippen LogP contribution in [0, 0.1) is 0 Å². The molecule has 2 aliphatic heterocycles. The van der Waals surface area contributed by atoms with Crippen molar-refractivity contribution in [2.24, 2.45) is 0 Å². The maximum atomic E-state index is 13.9. The summed E-state index contributed by atoms with van der Waals surface area (Å²) in [5, 5.41) is 0. The van der Waals surface area contributed by atoms with Crippen molar-refractivity contribution < 1.29 is 18.3 Å². The summed E-state index contributed by atoms with van der Waals surface area (Å²) in [6.45, 7) is 5.04. The molecule has 2 aliphatic rings. The van der Waals surface area contributed by atoms with Gasteiger partial charge in [0.15, 0.2) is 0 Å². The van der Waals surface area contributed by atoms with Crippen LogP contribution in [-0.4, -0.2) is 60.1 Å². The van der Waals surface area contributed by atoms with Gasteiger partial charge in [-0.1, -0.05) is 0 Å². The number of alkyl halides is 2. The van der Waals surface area contributed by atoms with Crippen molar-refractivity contribution in [3.05, 3.63) is 0 Å². The van der Waals surface area contributed by atoms with Crippen LogP contribution in [0.3, 0.4) is 0 Å². The maximum absolute atomic E-state index is 13.9. The molecule has 4 nitrogen and oxygen atoms in total. The number of hydrogen-bond donors (Lipinski definition) is 0. The molecule has 0 unspecified atom stereocenters. The zero-order valence-corrected chi connectivity index (χ0v) is 10.2.